The fourth-order valence-electron chi connectivity index (χ4n) is 1.55. The van der Waals surface area contributed by atoms with Crippen LogP contribution in [-0.4, -0.2) is 28.0 Å². The van der Waals surface area contributed by atoms with E-state index in [-0.39, 0.29) is 4.90 Å². The summed E-state index contributed by atoms with van der Waals surface area (Å²) >= 11 is 0. The SMILES string of the molecule is CCCCCNS(=O)(=O)c1ccc(C(=O)OC)cc1. The van der Waals surface area contributed by atoms with Gasteiger partial charge < -0.3 is 4.74 Å². The first-order valence-corrected chi connectivity index (χ1v) is 7.67. The molecular weight excluding hydrogens is 266 g/mol. The zero-order chi connectivity index (χ0) is 14.3. The van der Waals surface area contributed by atoms with E-state index in [4.69, 9.17) is 0 Å². The lowest BCUT2D eigenvalue weighted by atomic mass is 10.2. The molecule has 0 saturated heterocycles. The molecule has 0 atom stereocenters. The third-order valence-corrected chi connectivity index (χ3v) is 4.14. The van der Waals surface area contributed by atoms with Gasteiger partial charge in [0, 0.05) is 6.54 Å². The van der Waals surface area contributed by atoms with Crippen LogP contribution >= 0.6 is 0 Å². The summed E-state index contributed by atoms with van der Waals surface area (Å²) in [5.74, 6) is -0.486. The summed E-state index contributed by atoms with van der Waals surface area (Å²) in [5.41, 5.74) is 0.326. The summed E-state index contributed by atoms with van der Waals surface area (Å²) in [4.78, 5) is 11.4. The van der Waals surface area contributed by atoms with Crippen LogP contribution in [0.2, 0.25) is 0 Å². The lowest BCUT2D eigenvalue weighted by Gasteiger charge is -2.07. The van der Waals surface area contributed by atoms with E-state index < -0.39 is 16.0 Å². The Labute approximate surface area is 114 Å². The number of unbranched alkanes of at least 4 members (excludes halogenated alkanes) is 2. The van der Waals surface area contributed by atoms with Crippen molar-refractivity contribution in [3.05, 3.63) is 29.8 Å². The second-order valence-corrected chi connectivity index (χ2v) is 5.89. The molecule has 0 aliphatic carbocycles. The van der Waals surface area contributed by atoms with Gasteiger partial charge in [0.25, 0.3) is 0 Å². The molecule has 1 aromatic rings. The first kappa shape index (κ1) is 15.7. The molecular formula is C13H19NO4S. The number of carbonyl (C=O) groups is 1. The molecule has 0 aliphatic heterocycles. The molecule has 0 heterocycles. The molecule has 5 nitrogen and oxygen atoms in total. The van der Waals surface area contributed by atoms with Gasteiger partial charge in [0.2, 0.25) is 10.0 Å². The quantitative estimate of drug-likeness (QED) is 0.614. The van der Waals surface area contributed by atoms with Crippen molar-refractivity contribution >= 4 is 16.0 Å². The number of esters is 1. The molecule has 1 aromatic carbocycles. The monoisotopic (exact) mass is 285 g/mol. The second kappa shape index (κ2) is 7.25. The Bertz CT molecular complexity index is 508. The maximum atomic E-state index is 11.9. The zero-order valence-corrected chi connectivity index (χ0v) is 12.0. The Morgan fingerprint density at radius 1 is 1.21 bits per heavy atom. The number of benzene rings is 1. The maximum Gasteiger partial charge on any atom is 0.337 e. The molecule has 6 heteroatoms. The van der Waals surface area contributed by atoms with Gasteiger partial charge in [-0.1, -0.05) is 19.8 Å². The Hall–Kier alpha value is -1.40. The minimum atomic E-state index is -3.49. The Morgan fingerprint density at radius 2 is 1.84 bits per heavy atom. The average Bonchev–Trinajstić information content (AvgIpc) is 2.43. The molecule has 0 radical (unpaired) electrons. The van der Waals surface area contributed by atoms with Crippen LogP contribution < -0.4 is 4.72 Å². The zero-order valence-electron chi connectivity index (χ0n) is 11.2. The van der Waals surface area contributed by atoms with Crippen molar-refractivity contribution < 1.29 is 17.9 Å². The van der Waals surface area contributed by atoms with Crippen molar-refractivity contribution in [3.63, 3.8) is 0 Å². The number of hydrogen-bond donors (Lipinski definition) is 1. The molecule has 0 fully saturated rings. The third kappa shape index (κ3) is 4.65. The smallest absolute Gasteiger partial charge is 0.337 e. The van der Waals surface area contributed by atoms with Gasteiger partial charge in [-0.3, -0.25) is 0 Å². The van der Waals surface area contributed by atoms with Crippen LogP contribution in [-0.2, 0) is 14.8 Å². The van der Waals surface area contributed by atoms with E-state index in [2.05, 4.69) is 16.4 Å². The number of sulfonamides is 1. The van der Waals surface area contributed by atoms with Crippen LogP contribution in [0.1, 0.15) is 36.5 Å². The van der Waals surface area contributed by atoms with E-state index in [1.807, 2.05) is 0 Å². The summed E-state index contributed by atoms with van der Waals surface area (Å²) in [6.07, 6.45) is 2.84. The van der Waals surface area contributed by atoms with Crippen molar-refractivity contribution in [2.75, 3.05) is 13.7 Å². The van der Waals surface area contributed by atoms with Crippen LogP contribution in [0.5, 0.6) is 0 Å². The van der Waals surface area contributed by atoms with E-state index in [9.17, 15) is 13.2 Å². The summed E-state index contributed by atoms with van der Waals surface area (Å²) in [6.45, 7) is 2.48. The van der Waals surface area contributed by atoms with Crippen molar-refractivity contribution in [2.24, 2.45) is 0 Å². The second-order valence-electron chi connectivity index (χ2n) is 4.12. The van der Waals surface area contributed by atoms with Crippen LogP contribution in [0.4, 0.5) is 0 Å². The van der Waals surface area contributed by atoms with Crippen LogP contribution in [0.3, 0.4) is 0 Å². The number of carbonyl (C=O) groups excluding carboxylic acids is 1. The molecule has 0 saturated carbocycles. The first-order chi connectivity index (χ1) is 9.01. The van der Waals surface area contributed by atoms with E-state index in [0.29, 0.717) is 12.1 Å². The Kier molecular flexibility index (Phi) is 5.98. The number of rotatable bonds is 7. The Morgan fingerprint density at radius 3 is 2.37 bits per heavy atom. The van der Waals surface area contributed by atoms with Crippen molar-refractivity contribution in [2.45, 2.75) is 31.1 Å². The highest BCUT2D eigenvalue weighted by Gasteiger charge is 2.14. The van der Waals surface area contributed by atoms with Gasteiger partial charge in [0.05, 0.1) is 17.6 Å². The topological polar surface area (TPSA) is 72.5 Å². The summed E-state index contributed by atoms with van der Waals surface area (Å²) < 4.78 is 30.9. The molecule has 0 spiro atoms. The van der Waals surface area contributed by atoms with Crippen LogP contribution in [0.15, 0.2) is 29.2 Å². The predicted molar refractivity (Wildman–Crippen MR) is 72.5 cm³/mol. The molecule has 106 valence electrons. The van der Waals surface area contributed by atoms with E-state index in [0.717, 1.165) is 19.3 Å². The van der Waals surface area contributed by atoms with Crippen molar-refractivity contribution in [3.8, 4) is 0 Å². The number of methoxy groups -OCH3 is 1. The van der Waals surface area contributed by atoms with E-state index >= 15 is 0 Å². The molecule has 1 rings (SSSR count). The molecule has 19 heavy (non-hydrogen) atoms. The van der Waals surface area contributed by atoms with Gasteiger partial charge >= 0.3 is 5.97 Å². The largest absolute Gasteiger partial charge is 0.465 e. The van der Waals surface area contributed by atoms with Crippen LogP contribution in [0, 0.1) is 0 Å². The minimum Gasteiger partial charge on any atom is -0.465 e. The summed E-state index contributed by atoms with van der Waals surface area (Å²) in [5, 5.41) is 0. The van der Waals surface area contributed by atoms with E-state index in [1.54, 1.807) is 0 Å². The highest BCUT2D eigenvalue weighted by Crippen LogP contribution is 2.11. The standard InChI is InChI=1S/C13H19NO4S/c1-3-4-5-10-14-19(16,17)12-8-6-11(7-9-12)13(15)18-2/h6-9,14H,3-5,10H2,1-2H3. The van der Waals surface area contributed by atoms with E-state index in [1.165, 1.54) is 31.4 Å². The highest BCUT2D eigenvalue weighted by atomic mass is 32.2. The molecule has 0 amide bonds. The van der Waals surface area contributed by atoms with Gasteiger partial charge in [-0.15, -0.1) is 0 Å². The van der Waals surface area contributed by atoms with Gasteiger partial charge in [-0.25, -0.2) is 17.9 Å². The van der Waals surface area contributed by atoms with Crippen molar-refractivity contribution in [1.29, 1.82) is 0 Å². The fraction of sp³-hybridized carbons (Fsp3) is 0.462. The number of hydrogen-bond acceptors (Lipinski definition) is 4. The van der Waals surface area contributed by atoms with Gasteiger partial charge in [0.15, 0.2) is 0 Å². The van der Waals surface area contributed by atoms with Crippen LogP contribution in [0.25, 0.3) is 0 Å². The minimum absolute atomic E-state index is 0.150. The summed E-state index contributed by atoms with van der Waals surface area (Å²) in [6, 6.07) is 5.67. The lowest BCUT2D eigenvalue weighted by molar-refractivity contribution is 0.0600. The number of nitrogens with one attached hydrogen (secondary N) is 1. The fourth-order valence-corrected chi connectivity index (χ4v) is 2.63. The van der Waals surface area contributed by atoms with Gasteiger partial charge in [0.1, 0.15) is 0 Å². The molecule has 0 bridgehead atoms. The third-order valence-electron chi connectivity index (χ3n) is 2.66. The van der Waals surface area contributed by atoms with Crippen molar-refractivity contribution in [1.82, 2.24) is 4.72 Å². The molecule has 0 aliphatic rings. The highest BCUT2D eigenvalue weighted by molar-refractivity contribution is 7.89. The predicted octanol–water partition coefficient (Wildman–Crippen LogP) is 1.94. The van der Waals surface area contributed by atoms with Gasteiger partial charge in [-0.2, -0.15) is 0 Å². The Balaban J connectivity index is 2.71. The van der Waals surface area contributed by atoms with Gasteiger partial charge in [-0.05, 0) is 30.7 Å². The average molecular weight is 285 g/mol. The lowest BCUT2D eigenvalue weighted by Crippen LogP contribution is -2.24. The molecule has 0 aromatic heterocycles. The normalized spacial score (nSPS) is 11.3. The number of ether oxygens (including phenoxy) is 1. The molecule has 0 unspecified atom stereocenters. The summed E-state index contributed by atoms with van der Waals surface area (Å²) in [7, 11) is -2.21. The molecule has 1 N–H and O–H groups in total. The maximum absolute atomic E-state index is 11.9. The first-order valence-electron chi connectivity index (χ1n) is 6.19.